The maximum absolute atomic E-state index is 12.0. The number of likely N-dealkylation sites (tertiary alicyclic amines) is 1. The molecule has 4 heteroatoms. The summed E-state index contributed by atoms with van der Waals surface area (Å²) < 4.78 is 0. The van der Waals surface area contributed by atoms with Gasteiger partial charge < -0.3 is 5.32 Å². The lowest BCUT2D eigenvalue weighted by molar-refractivity contribution is -0.126. The molecule has 1 aromatic carbocycles. The van der Waals surface area contributed by atoms with Crippen LogP contribution in [0.3, 0.4) is 0 Å². The van der Waals surface area contributed by atoms with Gasteiger partial charge in [0, 0.05) is 13.1 Å². The Hall–Kier alpha value is -1.86. The van der Waals surface area contributed by atoms with Gasteiger partial charge in [0.2, 0.25) is 5.91 Å². The fourth-order valence-corrected chi connectivity index (χ4v) is 2.77. The standard InChI is InChI=1S/C19H27N3O/c1-15-7-9-22(10-8-15)13-17-6-4-5-16(11-17)12-21-18(23)19(2,3)14-20/h4-6,11,15H,7-10,12-13H2,1-3H3,(H,21,23). The Bertz CT molecular complexity index is 581. The van der Waals surface area contributed by atoms with Crippen molar-refractivity contribution in [1.29, 1.82) is 5.26 Å². The van der Waals surface area contributed by atoms with Crippen LogP contribution in [-0.2, 0) is 17.9 Å². The zero-order valence-corrected chi connectivity index (χ0v) is 14.4. The van der Waals surface area contributed by atoms with E-state index in [2.05, 4.69) is 29.3 Å². The maximum atomic E-state index is 12.0. The van der Waals surface area contributed by atoms with E-state index in [-0.39, 0.29) is 5.91 Å². The number of nitriles is 1. The minimum Gasteiger partial charge on any atom is -0.351 e. The van der Waals surface area contributed by atoms with Gasteiger partial charge in [0.25, 0.3) is 0 Å². The number of nitrogens with zero attached hydrogens (tertiary/aromatic N) is 2. The molecule has 0 spiro atoms. The van der Waals surface area contributed by atoms with Crippen molar-refractivity contribution in [2.75, 3.05) is 13.1 Å². The highest BCUT2D eigenvalue weighted by molar-refractivity contribution is 5.84. The number of rotatable bonds is 5. The molecule has 0 saturated carbocycles. The second-order valence-electron chi connectivity index (χ2n) is 7.20. The first-order chi connectivity index (χ1) is 10.9. The lowest BCUT2D eigenvalue weighted by atomic mass is 9.94. The van der Waals surface area contributed by atoms with Crippen LogP contribution in [-0.4, -0.2) is 23.9 Å². The van der Waals surface area contributed by atoms with Crippen LogP contribution in [0.4, 0.5) is 0 Å². The molecule has 1 heterocycles. The first kappa shape index (κ1) is 17.5. The van der Waals surface area contributed by atoms with E-state index < -0.39 is 5.41 Å². The molecule has 1 aliphatic rings. The van der Waals surface area contributed by atoms with Crippen molar-refractivity contribution in [3.05, 3.63) is 35.4 Å². The molecule has 1 aromatic rings. The fraction of sp³-hybridized carbons (Fsp3) is 0.579. The van der Waals surface area contributed by atoms with Crippen LogP contribution in [0.15, 0.2) is 24.3 Å². The van der Waals surface area contributed by atoms with Crippen molar-refractivity contribution in [3.63, 3.8) is 0 Å². The number of nitrogens with one attached hydrogen (secondary N) is 1. The topological polar surface area (TPSA) is 56.1 Å². The van der Waals surface area contributed by atoms with Gasteiger partial charge in [-0.3, -0.25) is 9.69 Å². The van der Waals surface area contributed by atoms with Gasteiger partial charge in [0.15, 0.2) is 0 Å². The molecule has 1 amide bonds. The van der Waals surface area contributed by atoms with Crippen molar-refractivity contribution in [1.82, 2.24) is 10.2 Å². The molecule has 124 valence electrons. The highest BCUT2D eigenvalue weighted by Crippen LogP contribution is 2.19. The number of carbonyl (C=O) groups excluding carboxylic acids is 1. The number of piperidine rings is 1. The largest absolute Gasteiger partial charge is 0.351 e. The van der Waals surface area contributed by atoms with E-state index in [1.165, 1.54) is 31.5 Å². The summed E-state index contributed by atoms with van der Waals surface area (Å²) in [7, 11) is 0. The highest BCUT2D eigenvalue weighted by Gasteiger charge is 2.26. The van der Waals surface area contributed by atoms with Crippen molar-refractivity contribution >= 4 is 5.91 Å². The van der Waals surface area contributed by atoms with Crippen LogP contribution in [0.2, 0.25) is 0 Å². The van der Waals surface area contributed by atoms with Gasteiger partial charge in [-0.05, 0) is 56.8 Å². The van der Waals surface area contributed by atoms with Gasteiger partial charge >= 0.3 is 0 Å². The summed E-state index contributed by atoms with van der Waals surface area (Å²) in [5, 5.41) is 11.8. The van der Waals surface area contributed by atoms with E-state index in [0.29, 0.717) is 6.54 Å². The summed E-state index contributed by atoms with van der Waals surface area (Å²) in [6.07, 6.45) is 2.55. The SMILES string of the molecule is CC1CCN(Cc2cccc(CNC(=O)C(C)(C)C#N)c2)CC1. The molecular formula is C19H27N3O. The average molecular weight is 313 g/mol. The molecule has 0 aromatic heterocycles. The fourth-order valence-electron chi connectivity index (χ4n) is 2.77. The first-order valence-electron chi connectivity index (χ1n) is 8.40. The monoisotopic (exact) mass is 313 g/mol. The highest BCUT2D eigenvalue weighted by atomic mass is 16.2. The van der Waals surface area contributed by atoms with E-state index in [0.717, 1.165) is 18.0 Å². The molecule has 0 unspecified atom stereocenters. The van der Waals surface area contributed by atoms with Crippen LogP contribution in [0, 0.1) is 22.7 Å². The number of benzene rings is 1. The molecule has 4 nitrogen and oxygen atoms in total. The summed E-state index contributed by atoms with van der Waals surface area (Å²) in [5.74, 6) is 0.617. The van der Waals surface area contributed by atoms with Crippen molar-refractivity contribution < 1.29 is 4.79 Å². The van der Waals surface area contributed by atoms with Crippen molar-refractivity contribution in [3.8, 4) is 6.07 Å². The third-order valence-corrected chi connectivity index (χ3v) is 4.57. The molecule has 0 radical (unpaired) electrons. The predicted octanol–water partition coefficient (Wildman–Crippen LogP) is 3.08. The second kappa shape index (κ2) is 7.61. The van der Waals surface area contributed by atoms with E-state index in [1.54, 1.807) is 13.8 Å². The number of hydrogen-bond donors (Lipinski definition) is 1. The van der Waals surface area contributed by atoms with Gasteiger partial charge in [0.1, 0.15) is 5.41 Å². The Kier molecular flexibility index (Phi) is 5.79. The van der Waals surface area contributed by atoms with Gasteiger partial charge in [0.05, 0.1) is 6.07 Å². The summed E-state index contributed by atoms with van der Waals surface area (Å²) in [4.78, 5) is 14.5. The molecule has 1 saturated heterocycles. The minimum atomic E-state index is -0.984. The number of amides is 1. The van der Waals surface area contributed by atoms with Gasteiger partial charge in [-0.2, -0.15) is 5.26 Å². The number of hydrogen-bond acceptors (Lipinski definition) is 3. The summed E-state index contributed by atoms with van der Waals surface area (Å²) >= 11 is 0. The zero-order chi connectivity index (χ0) is 16.9. The Morgan fingerprint density at radius 1 is 1.35 bits per heavy atom. The Labute approximate surface area is 139 Å². The van der Waals surface area contributed by atoms with E-state index in [4.69, 9.17) is 5.26 Å². The van der Waals surface area contributed by atoms with Crippen LogP contribution >= 0.6 is 0 Å². The van der Waals surface area contributed by atoms with E-state index in [1.807, 2.05) is 18.2 Å². The Balaban J connectivity index is 1.90. The summed E-state index contributed by atoms with van der Waals surface area (Å²) in [5.41, 5.74) is 1.38. The van der Waals surface area contributed by atoms with Crippen molar-refractivity contribution in [2.24, 2.45) is 11.3 Å². The normalized spacial score (nSPS) is 16.8. The predicted molar refractivity (Wildman–Crippen MR) is 91.4 cm³/mol. The number of carbonyl (C=O) groups is 1. The lowest BCUT2D eigenvalue weighted by Crippen LogP contribution is -2.35. The van der Waals surface area contributed by atoms with Crippen LogP contribution in [0.5, 0.6) is 0 Å². The van der Waals surface area contributed by atoms with E-state index in [9.17, 15) is 4.79 Å². The average Bonchev–Trinajstić information content (AvgIpc) is 2.55. The quantitative estimate of drug-likeness (QED) is 0.909. The van der Waals surface area contributed by atoms with Gasteiger partial charge in [-0.1, -0.05) is 31.2 Å². The van der Waals surface area contributed by atoms with E-state index >= 15 is 0 Å². The smallest absolute Gasteiger partial charge is 0.240 e. The third-order valence-electron chi connectivity index (χ3n) is 4.57. The van der Waals surface area contributed by atoms with Gasteiger partial charge in [-0.15, -0.1) is 0 Å². The summed E-state index contributed by atoms with van der Waals surface area (Å²) in [6, 6.07) is 10.4. The van der Waals surface area contributed by atoms with Crippen molar-refractivity contribution in [2.45, 2.75) is 46.7 Å². The molecule has 2 rings (SSSR count). The zero-order valence-electron chi connectivity index (χ0n) is 14.4. The molecular weight excluding hydrogens is 286 g/mol. The molecule has 1 fully saturated rings. The molecule has 0 bridgehead atoms. The van der Waals surface area contributed by atoms with Crippen LogP contribution in [0.25, 0.3) is 0 Å². The third kappa shape index (κ3) is 5.07. The minimum absolute atomic E-state index is 0.226. The Morgan fingerprint density at radius 2 is 2.00 bits per heavy atom. The summed E-state index contributed by atoms with van der Waals surface area (Å²) in [6.45, 7) is 9.36. The molecule has 23 heavy (non-hydrogen) atoms. The Morgan fingerprint density at radius 3 is 2.65 bits per heavy atom. The van der Waals surface area contributed by atoms with Gasteiger partial charge in [-0.25, -0.2) is 0 Å². The molecule has 1 N–H and O–H groups in total. The van der Waals surface area contributed by atoms with Crippen LogP contribution in [0.1, 0.15) is 44.7 Å². The molecule has 0 aliphatic carbocycles. The second-order valence-corrected chi connectivity index (χ2v) is 7.20. The first-order valence-corrected chi connectivity index (χ1v) is 8.40. The lowest BCUT2D eigenvalue weighted by Gasteiger charge is -2.30. The maximum Gasteiger partial charge on any atom is 0.240 e. The molecule has 0 atom stereocenters. The molecule has 1 aliphatic heterocycles. The van der Waals surface area contributed by atoms with Crippen LogP contribution < -0.4 is 5.32 Å².